The highest BCUT2D eigenvalue weighted by Gasteiger charge is 2.13. The van der Waals surface area contributed by atoms with Gasteiger partial charge in [0.25, 0.3) is 5.91 Å². The molecule has 0 aliphatic heterocycles. The Kier molecular flexibility index (Phi) is 5.39. The minimum absolute atomic E-state index is 0.0467. The molecule has 0 atom stereocenters. The fourth-order valence-corrected chi connectivity index (χ4v) is 2.43. The van der Waals surface area contributed by atoms with Crippen molar-refractivity contribution in [2.45, 2.75) is 13.8 Å². The molecule has 28 heavy (non-hydrogen) atoms. The molecule has 0 spiro atoms. The average Bonchev–Trinajstić information content (AvgIpc) is 2.64. The van der Waals surface area contributed by atoms with Gasteiger partial charge in [0.1, 0.15) is 5.69 Å². The summed E-state index contributed by atoms with van der Waals surface area (Å²) in [4.78, 5) is 32.1. The predicted molar refractivity (Wildman–Crippen MR) is 101 cm³/mol. The molecule has 0 fully saturated rings. The van der Waals surface area contributed by atoms with E-state index in [1.165, 1.54) is 19.1 Å². The van der Waals surface area contributed by atoms with Gasteiger partial charge in [-0.3, -0.25) is 9.59 Å². The van der Waals surface area contributed by atoms with Crippen LogP contribution in [0.4, 0.5) is 26.1 Å². The Bertz CT molecular complexity index is 1050. The molecular weight excluding hydrogens is 366 g/mol. The Balaban J connectivity index is 1.79. The van der Waals surface area contributed by atoms with Gasteiger partial charge in [-0.2, -0.15) is 0 Å². The molecule has 6 nitrogen and oxygen atoms in total. The van der Waals surface area contributed by atoms with Crippen molar-refractivity contribution < 1.29 is 18.4 Å². The lowest BCUT2D eigenvalue weighted by Crippen LogP contribution is -2.15. The highest BCUT2D eigenvalue weighted by molar-refractivity contribution is 6.03. The van der Waals surface area contributed by atoms with Gasteiger partial charge in [-0.15, -0.1) is 0 Å². The molecule has 2 N–H and O–H groups in total. The zero-order chi connectivity index (χ0) is 20.3. The predicted octanol–water partition coefficient (Wildman–Crippen LogP) is 4.26. The minimum Gasteiger partial charge on any atom is -0.324 e. The molecule has 3 rings (SSSR count). The van der Waals surface area contributed by atoms with Gasteiger partial charge in [0.15, 0.2) is 17.4 Å². The van der Waals surface area contributed by atoms with Crippen molar-refractivity contribution in [3.05, 3.63) is 77.1 Å². The van der Waals surface area contributed by atoms with Crippen LogP contribution in [0.15, 0.2) is 48.5 Å². The molecule has 0 aliphatic rings. The number of hydrogen-bond acceptors (Lipinski definition) is 5. The van der Waals surface area contributed by atoms with E-state index in [9.17, 15) is 18.4 Å². The first kappa shape index (κ1) is 19.1. The highest BCUT2D eigenvalue weighted by Crippen LogP contribution is 2.17. The van der Waals surface area contributed by atoms with E-state index < -0.39 is 17.5 Å². The maximum Gasteiger partial charge on any atom is 0.274 e. The Hall–Kier alpha value is -3.68. The number of nitrogens with one attached hydrogen (secondary N) is 2. The molecule has 0 unspecified atom stereocenters. The van der Waals surface area contributed by atoms with Gasteiger partial charge >= 0.3 is 0 Å². The van der Waals surface area contributed by atoms with Crippen molar-refractivity contribution in [2.24, 2.45) is 0 Å². The Morgan fingerprint density at radius 3 is 2.21 bits per heavy atom. The largest absolute Gasteiger partial charge is 0.324 e. The lowest BCUT2D eigenvalue weighted by Gasteiger charge is -2.09. The Morgan fingerprint density at radius 2 is 1.57 bits per heavy atom. The van der Waals surface area contributed by atoms with Crippen LogP contribution < -0.4 is 10.6 Å². The second kappa shape index (κ2) is 7.91. The Morgan fingerprint density at radius 1 is 0.893 bits per heavy atom. The number of benzene rings is 2. The summed E-state index contributed by atoms with van der Waals surface area (Å²) in [5, 5.41) is 5.43. The number of aromatic nitrogens is 2. The van der Waals surface area contributed by atoms with Crippen LogP contribution in [0.5, 0.6) is 0 Å². The van der Waals surface area contributed by atoms with Crippen molar-refractivity contribution in [1.82, 2.24) is 9.97 Å². The van der Waals surface area contributed by atoms with Crippen molar-refractivity contribution in [1.29, 1.82) is 0 Å². The van der Waals surface area contributed by atoms with E-state index in [1.54, 1.807) is 31.2 Å². The summed E-state index contributed by atoms with van der Waals surface area (Å²) >= 11 is 0. The molecule has 0 aliphatic carbocycles. The molecule has 0 saturated carbocycles. The average molecular weight is 382 g/mol. The molecule has 3 aromatic rings. The van der Waals surface area contributed by atoms with Crippen molar-refractivity contribution in [3.63, 3.8) is 0 Å². The van der Waals surface area contributed by atoms with Crippen molar-refractivity contribution in [3.8, 4) is 0 Å². The lowest BCUT2D eigenvalue weighted by atomic mass is 10.1. The number of amides is 1. The molecule has 8 heteroatoms. The summed E-state index contributed by atoms with van der Waals surface area (Å²) in [5.41, 5.74) is 1.91. The molecule has 1 aromatic heterocycles. The lowest BCUT2D eigenvalue weighted by molar-refractivity contribution is 0.101. The van der Waals surface area contributed by atoms with E-state index in [-0.39, 0.29) is 23.1 Å². The normalized spacial score (nSPS) is 10.4. The molecule has 0 saturated heterocycles. The third-order valence-corrected chi connectivity index (χ3v) is 3.81. The monoisotopic (exact) mass is 382 g/mol. The Labute approximate surface area is 159 Å². The van der Waals surface area contributed by atoms with E-state index in [2.05, 4.69) is 20.6 Å². The number of nitrogens with zero attached hydrogens (tertiary/aromatic N) is 2. The van der Waals surface area contributed by atoms with Gasteiger partial charge < -0.3 is 10.6 Å². The van der Waals surface area contributed by atoms with E-state index >= 15 is 0 Å². The number of Topliss-reactive ketones (excluding diaryl/α,β-unsaturated/α-hetero) is 1. The number of carbonyl (C=O) groups excluding carboxylic acids is 2. The quantitative estimate of drug-likeness (QED) is 0.644. The van der Waals surface area contributed by atoms with Crippen LogP contribution in [0.2, 0.25) is 0 Å². The summed E-state index contributed by atoms with van der Waals surface area (Å²) in [7, 11) is 0. The number of carbonyl (C=O) groups is 2. The third-order valence-electron chi connectivity index (χ3n) is 3.81. The highest BCUT2D eigenvalue weighted by atomic mass is 19.2. The second-order valence-corrected chi connectivity index (χ2v) is 6.06. The zero-order valence-electron chi connectivity index (χ0n) is 15.1. The van der Waals surface area contributed by atoms with Crippen LogP contribution in [-0.4, -0.2) is 21.7 Å². The summed E-state index contributed by atoms with van der Waals surface area (Å²) in [6.45, 7) is 3.17. The SMILES string of the molecule is CC(=O)c1ccc(Nc2nc(C)cc(C(=O)Nc3ccc(F)c(F)c3)n2)cc1. The molecule has 1 heterocycles. The first-order valence-corrected chi connectivity index (χ1v) is 8.32. The number of ketones is 1. The third kappa shape index (κ3) is 4.53. The molecular formula is C20H16F2N4O2. The topological polar surface area (TPSA) is 84.0 Å². The second-order valence-electron chi connectivity index (χ2n) is 6.06. The summed E-state index contributed by atoms with van der Waals surface area (Å²) in [6, 6.07) is 11.3. The summed E-state index contributed by atoms with van der Waals surface area (Å²) < 4.78 is 26.3. The van der Waals surface area contributed by atoms with Crippen LogP contribution in [-0.2, 0) is 0 Å². The van der Waals surface area contributed by atoms with Crippen LogP contribution in [0.25, 0.3) is 0 Å². The molecule has 1 amide bonds. The number of rotatable bonds is 5. The van der Waals surface area contributed by atoms with E-state index in [0.29, 0.717) is 16.9 Å². The smallest absolute Gasteiger partial charge is 0.274 e. The van der Waals surface area contributed by atoms with E-state index in [4.69, 9.17) is 0 Å². The molecule has 142 valence electrons. The van der Waals surface area contributed by atoms with Crippen molar-refractivity contribution >= 4 is 29.0 Å². The fraction of sp³-hybridized carbons (Fsp3) is 0.100. The number of aryl methyl sites for hydroxylation is 1. The fourth-order valence-electron chi connectivity index (χ4n) is 2.43. The van der Waals surface area contributed by atoms with E-state index in [0.717, 1.165) is 12.1 Å². The number of hydrogen-bond donors (Lipinski definition) is 2. The first-order chi connectivity index (χ1) is 13.3. The van der Waals surface area contributed by atoms with Crippen molar-refractivity contribution in [2.75, 3.05) is 10.6 Å². The minimum atomic E-state index is -1.06. The summed E-state index contributed by atoms with van der Waals surface area (Å²) in [6.07, 6.45) is 0. The summed E-state index contributed by atoms with van der Waals surface area (Å²) in [5.74, 6) is -2.52. The van der Waals surface area contributed by atoms with Gasteiger partial charge in [0, 0.05) is 28.7 Å². The van der Waals surface area contributed by atoms with Crippen LogP contribution in [0.3, 0.4) is 0 Å². The molecule has 0 radical (unpaired) electrons. The van der Waals surface area contributed by atoms with Gasteiger partial charge in [-0.1, -0.05) is 0 Å². The molecule has 2 aromatic carbocycles. The zero-order valence-corrected chi connectivity index (χ0v) is 15.1. The maximum absolute atomic E-state index is 13.3. The number of anilines is 3. The number of halogens is 2. The van der Waals surface area contributed by atoms with Crippen LogP contribution >= 0.6 is 0 Å². The first-order valence-electron chi connectivity index (χ1n) is 8.32. The maximum atomic E-state index is 13.3. The van der Waals surface area contributed by atoms with Gasteiger partial charge in [-0.25, -0.2) is 18.7 Å². The van der Waals surface area contributed by atoms with E-state index in [1.807, 2.05) is 0 Å². The molecule has 0 bridgehead atoms. The van der Waals surface area contributed by atoms with Crippen LogP contribution in [0, 0.1) is 18.6 Å². The van der Waals surface area contributed by atoms with Gasteiger partial charge in [0.05, 0.1) is 0 Å². The van der Waals surface area contributed by atoms with Gasteiger partial charge in [0.2, 0.25) is 5.95 Å². The standard InChI is InChI=1S/C20H16F2N4O2/c1-11-9-18(19(28)24-15-7-8-16(21)17(22)10-15)26-20(23-11)25-14-5-3-13(4-6-14)12(2)27/h3-10H,1-2H3,(H,24,28)(H,23,25,26). The van der Waals surface area contributed by atoms with Crippen LogP contribution in [0.1, 0.15) is 33.5 Å². The van der Waals surface area contributed by atoms with Gasteiger partial charge in [-0.05, 0) is 56.3 Å².